The van der Waals surface area contributed by atoms with Crippen LogP contribution in [0.5, 0.6) is 0 Å². The maximum absolute atomic E-state index is 5.50. The SMILES string of the molecule is CCCCc1nc(CC)c(C)o1. The van der Waals surface area contributed by atoms with Crippen LogP contribution in [0.1, 0.15) is 44.0 Å². The predicted octanol–water partition coefficient (Wildman–Crippen LogP) is 2.89. The quantitative estimate of drug-likeness (QED) is 0.689. The Morgan fingerprint density at radius 1 is 1.33 bits per heavy atom. The molecule has 0 radical (unpaired) electrons. The van der Waals surface area contributed by atoms with Gasteiger partial charge in [0.15, 0.2) is 5.89 Å². The van der Waals surface area contributed by atoms with E-state index in [1.807, 2.05) is 6.92 Å². The Balaban J connectivity index is 2.62. The summed E-state index contributed by atoms with van der Waals surface area (Å²) < 4.78 is 5.50. The average Bonchev–Trinajstić information content (AvgIpc) is 2.43. The molecule has 1 heterocycles. The number of aryl methyl sites for hydroxylation is 3. The van der Waals surface area contributed by atoms with Gasteiger partial charge in [-0.3, -0.25) is 0 Å². The van der Waals surface area contributed by atoms with E-state index in [1.165, 1.54) is 12.8 Å². The minimum absolute atomic E-state index is 0.909. The fourth-order valence-corrected chi connectivity index (χ4v) is 1.25. The largest absolute Gasteiger partial charge is 0.446 e. The van der Waals surface area contributed by atoms with Gasteiger partial charge in [-0.05, 0) is 19.8 Å². The average molecular weight is 167 g/mol. The van der Waals surface area contributed by atoms with Crippen molar-refractivity contribution in [1.29, 1.82) is 0 Å². The van der Waals surface area contributed by atoms with Crippen LogP contribution in [0.4, 0.5) is 0 Å². The van der Waals surface area contributed by atoms with Gasteiger partial charge in [0.1, 0.15) is 5.76 Å². The molecule has 0 bridgehead atoms. The molecule has 0 spiro atoms. The van der Waals surface area contributed by atoms with Crippen molar-refractivity contribution in [3.8, 4) is 0 Å². The van der Waals surface area contributed by atoms with Crippen LogP contribution in [-0.2, 0) is 12.8 Å². The van der Waals surface area contributed by atoms with Crippen LogP contribution in [-0.4, -0.2) is 4.98 Å². The lowest BCUT2D eigenvalue weighted by atomic mass is 10.2. The first kappa shape index (κ1) is 9.30. The molecule has 2 heteroatoms. The third-order valence-corrected chi connectivity index (χ3v) is 2.02. The zero-order valence-electron chi connectivity index (χ0n) is 8.18. The van der Waals surface area contributed by atoms with Gasteiger partial charge in [0.05, 0.1) is 5.69 Å². The van der Waals surface area contributed by atoms with Gasteiger partial charge in [0.2, 0.25) is 0 Å². The number of rotatable bonds is 4. The molecule has 0 N–H and O–H groups in total. The maximum Gasteiger partial charge on any atom is 0.194 e. The summed E-state index contributed by atoms with van der Waals surface area (Å²) in [6, 6.07) is 0. The van der Waals surface area contributed by atoms with E-state index in [9.17, 15) is 0 Å². The van der Waals surface area contributed by atoms with Crippen molar-refractivity contribution in [2.45, 2.75) is 46.5 Å². The second-order valence-electron chi connectivity index (χ2n) is 3.07. The lowest BCUT2D eigenvalue weighted by molar-refractivity contribution is 0.463. The number of aromatic nitrogens is 1. The summed E-state index contributed by atoms with van der Waals surface area (Å²) in [7, 11) is 0. The zero-order valence-corrected chi connectivity index (χ0v) is 8.18. The van der Waals surface area contributed by atoms with Gasteiger partial charge < -0.3 is 4.42 Å². The Bertz CT molecular complexity index is 240. The van der Waals surface area contributed by atoms with Gasteiger partial charge in [-0.25, -0.2) is 4.98 Å². The van der Waals surface area contributed by atoms with Crippen LogP contribution >= 0.6 is 0 Å². The summed E-state index contributed by atoms with van der Waals surface area (Å²) in [5.41, 5.74) is 1.11. The molecule has 2 nitrogen and oxygen atoms in total. The molecular formula is C10H17NO. The molecule has 0 fully saturated rings. The fraction of sp³-hybridized carbons (Fsp3) is 0.700. The molecule has 1 aromatic heterocycles. The molecule has 12 heavy (non-hydrogen) atoms. The topological polar surface area (TPSA) is 26.0 Å². The van der Waals surface area contributed by atoms with Crippen molar-refractivity contribution in [2.75, 3.05) is 0 Å². The van der Waals surface area contributed by atoms with Crippen LogP contribution in [0.3, 0.4) is 0 Å². The molecular weight excluding hydrogens is 150 g/mol. The molecule has 1 aromatic rings. The van der Waals surface area contributed by atoms with Crippen LogP contribution < -0.4 is 0 Å². The highest BCUT2D eigenvalue weighted by Crippen LogP contribution is 2.12. The Hall–Kier alpha value is -0.790. The highest BCUT2D eigenvalue weighted by molar-refractivity contribution is 5.07. The highest BCUT2D eigenvalue weighted by Gasteiger charge is 2.06. The molecule has 0 unspecified atom stereocenters. The van der Waals surface area contributed by atoms with Crippen LogP contribution in [0.25, 0.3) is 0 Å². The predicted molar refractivity (Wildman–Crippen MR) is 49.2 cm³/mol. The van der Waals surface area contributed by atoms with E-state index in [2.05, 4.69) is 18.8 Å². The second kappa shape index (κ2) is 4.29. The van der Waals surface area contributed by atoms with Gasteiger partial charge in [-0.2, -0.15) is 0 Å². The van der Waals surface area contributed by atoms with Crippen molar-refractivity contribution in [3.63, 3.8) is 0 Å². The highest BCUT2D eigenvalue weighted by atomic mass is 16.4. The summed E-state index contributed by atoms with van der Waals surface area (Å²) in [5, 5.41) is 0. The Kier molecular flexibility index (Phi) is 3.32. The standard InChI is InChI=1S/C10H17NO/c1-4-6-7-10-11-9(5-2)8(3)12-10/h4-7H2,1-3H3. The van der Waals surface area contributed by atoms with E-state index < -0.39 is 0 Å². The first-order valence-corrected chi connectivity index (χ1v) is 4.73. The first-order valence-electron chi connectivity index (χ1n) is 4.73. The molecule has 0 amide bonds. The number of hydrogen-bond donors (Lipinski definition) is 0. The Morgan fingerprint density at radius 2 is 2.08 bits per heavy atom. The fourth-order valence-electron chi connectivity index (χ4n) is 1.25. The number of oxazole rings is 1. The normalized spacial score (nSPS) is 10.6. The van der Waals surface area contributed by atoms with Crippen LogP contribution in [0.15, 0.2) is 4.42 Å². The smallest absolute Gasteiger partial charge is 0.194 e. The maximum atomic E-state index is 5.50. The molecule has 0 atom stereocenters. The monoisotopic (exact) mass is 167 g/mol. The van der Waals surface area contributed by atoms with E-state index in [1.54, 1.807) is 0 Å². The zero-order chi connectivity index (χ0) is 8.97. The van der Waals surface area contributed by atoms with Crippen LogP contribution in [0, 0.1) is 6.92 Å². The lowest BCUT2D eigenvalue weighted by Crippen LogP contribution is -1.86. The summed E-state index contributed by atoms with van der Waals surface area (Å²) in [5.74, 6) is 1.90. The number of hydrogen-bond acceptors (Lipinski definition) is 2. The number of nitrogens with zero attached hydrogens (tertiary/aromatic N) is 1. The summed E-state index contributed by atoms with van der Waals surface area (Å²) in [6.45, 7) is 6.27. The minimum atomic E-state index is 0.909. The van der Waals surface area contributed by atoms with Crippen molar-refractivity contribution >= 4 is 0 Å². The number of unbranched alkanes of at least 4 members (excludes halogenated alkanes) is 1. The molecule has 0 aliphatic rings. The first-order chi connectivity index (χ1) is 5.77. The molecule has 0 aliphatic heterocycles. The lowest BCUT2D eigenvalue weighted by Gasteiger charge is -1.89. The van der Waals surface area contributed by atoms with Crippen molar-refractivity contribution in [1.82, 2.24) is 4.98 Å². The van der Waals surface area contributed by atoms with Crippen molar-refractivity contribution < 1.29 is 4.42 Å². The van der Waals surface area contributed by atoms with Gasteiger partial charge in [0, 0.05) is 6.42 Å². The Labute approximate surface area is 74.0 Å². The molecule has 0 saturated carbocycles. The molecule has 0 aromatic carbocycles. The van der Waals surface area contributed by atoms with E-state index in [0.717, 1.165) is 30.2 Å². The van der Waals surface area contributed by atoms with Crippen molar-refractivity contribution in [2.24, 2.45) is 0 Å². The van der Waals surface area contributed by atoms with Gasteiger partial charge in [-0.1, -0.05) is 20.3 Å². The third kappa shape index (κ3) is 2.10. The molecule has 68 valence electrons. The van der Waals surface area contributed by atoms with Gasteiger partial charge in [0.25, 0.3) is 0 Å². The van der Waals surface area contributed by atoms with Gasteiger partial charge in [-0.15, -0.1) is 0 Å². The van der Waals surface area contributed by atoms with E-state index in [4.69, 9.17) is 4.42 Å². The van der Waals surface area contributed by atoms with Gasteiger partial charge >= 0.3 is 0 Å². The summed E-state index contributed by atoms with van der Waals surface area (Å²) in [4.78, 5) is 4.40. The third-order valence-electron chi connectivity index (χ3n) is 2.02. The summed E-state index contributed by atoms with van der Waals surface area (Å²) in [6.07, 6.45) is 4.32. The van der Waals surface area contributed by atoms with E-state index in [-0.39, 0.29) is 0 Å². The molecule has 1 rings (SSSR count). The molecule has 0 aliphatic carbocycles. The Morgan fingerprint density at radius 3 is 2.58 bits per heavy atom. The van der Waals surface area contributed by atoms with Crippen LogP contribution in [0.2, 0.25) is 0 Å². The minimum Gasteiger partial charge on any atom is -0.446 e. The van der Waals surface area contributed by atoms with E-state index >= 15 is 0 Å². The molecule has 0 saturated heterocycles. The second-order valence-corrected chi connectivity index (χ2v) is 3.07. The van der Waals surface area contributed by atoms with Crippen molar-refractivity contribution in [3.05, 3.63) is 17.3 Å². The summed E-state index contributed by atoms with van der Waals surface area (Å²) >= 11 is 0. The van der Waals surface area contributed by atoms with E-state index in [0.29, 0.717) is 0 Å².